The number of hydrogen-bond acceptors (Lipinski definition) is 8. The topological polar surface area (TPSA) is 82.6 Å². The maximum atomic E-state index is 11.4. The number of rotatable bonds is 7. The van der Waals surface area contributed by atoms with Crippen LogP contribution >= 0.6 is 11.3 Å². The largest absolute Gasteiger partial charge is 0.469 e. The summed E-state index contributed by atoms with van der Waals surface area (Å²) in [7, 11) is 1.40. The van der Waals surface area contributed by atoms with Crippen molar-refractivity contribution in [1.82, 2.24) is 9.97 Å². The van der Waals surface area contributed by atoms with Crippen LogP contribution in [0.15, 0.2) is 42.5 Å². The van der Waals surface area contributed by atoms with Gasteiger partial charge in [-0.1, -0.05) is 24.3 Å². The van der Waals surface area contributed by atoms with E-state index in [1.54, 1.807) is 11.3 Å². The van der Waals surface area contributed by atoms with Crippen molar-refractivity contribution in [2.24, 2.45) is 0 Å². The molecule has 158 valence electrons. The van der Waals surface area contributed by atoms with Crippen LogP contribution in [0.1, 0.15) is 24.2 Å². The minimum atomic E-state index is -0.218. The van der Waals surface area contributed by atoms with Crippen LogP contribution in [-0.4, -0.2) is 29.8 Å². The third-order valence-electron chi connectivity index (χ3n) is 5.19. The standard InChI is InChI=1S/C23H21N3O4S/c1-28-20(27)8-4-7-19-25-22(21-15-5-2-3-6-18(15)31-23(21)26-19)24-12-14-9-10-16-17(11-14)30-13-29-16/h2-3,5-6,9-11H,4,7-8,12-13H2,1H3,(H,24,25,26). The minimum absolute atomic E-state index is 0.218. The van der Waals surface area contributed by atoms with E-state index in [-0.39, 0.29) is 12.8 Å². The molecular weight excluding hydrogens is 414 g/mol. The summed E-state index contributed by atoms with van der Waals surface area (Å²) in [6.07, 6.45) is 1.60. The van der Waals surface area contributed by atoms with E-state index in [1.165, 1.54) is 11.8 Å². The second-order valence-electron chi connectivity index (χ2n) is 7.24. The highest BCUT2D eigenvalue weighted by Crippen LogP contribution is 2.37. The number of hydrogen-bond donors (Lipinski definition) is 1. The molecule has 3 heterocycles. The van der Waals surface area contributed by atoms with Crippen LogP contribution in [0.25, 0.3) is 20.3 Å². The number of ether oxygens (including phenoxy) is 3. The van der Waals surface area contributed by atoms with Gasteiger partial charge in [-0.3, -0.25) is 4.79 Å². The number of esters is 1. The molecule has 0 unspecified atom stereocenters. The Balaban J connectivity index is 1.45. The summed E-state index contributed by atoms with van der Waals surface area (Å²) in [6, 6.07) is 14.2. The molecule has 2 aromatic carbocycles. The average molecular weight is 436 g/mol. The fraction of sp³-hybridized carbons (Fsp3) is 0.261. The zero-order valence-electron chi connectivity index (χ0n) is 17.0. The highest BCUT2D eigenvalue weighted by atomic mass is 32.1. The van der Waals surface area contributed by atoms with Crippen LogP contribution in [0.5, 0.6) is 11.5 Å². The van der Waals surface area contributed by atoms with Crippen molar-refractivity contribution in [2.75, 3.05) is 19.2 Å². The van der Waals surface area contributed by atoms with Gasteiger partial charge in [0.2, 0.25) is 6.79 Å². The summed E-state index contributed by atoms with van der Waals surface area (Å²) in [5.74, 6) is 2.83. The number of benzene rings is 2. The predicted octanol–water partition coefficient (Wildman–Crippen LogP) is 4.68. The monoisotopic (exact) mass is 435 g/mol. The lowest BCUT2D eigenvalue weighted by atomic mass is 10.1. The molecule has 0 saturated heterocycles. The number of nitrogens with zero attached hydrogens (tertiary/aromatic N) is 2. The minimum Gasteiger partial charge on any atom is -0.469 e. The maximum absolute atomic E-state index is 11.4. The first-order chi connectivity index (χ1) is 15.2. The molecule has 4 aromatic rings. The molecule has 1 aliphatic rings. The van der Waals surface area contributed by atoms with Crippen molar-refractivity contribution in [3.8, 4) is 11.5 Å². The molecule has 0 aliphatic carbocycles. The molecule has 8 heteroatoms. The second-order valence-corrected chi connectivity index (χ2v) is 8.27. The van der Waals surface area contributed by atoms with Gasteiger partial charge < -0.3 is 19.5 Å². The third kappa shape index (κ3) is 3.98. The zero-order valence-corrected chi connectivity index (χ0v) is 17.8. The number of nitrogens with one attached hydrogen (secondary N) is 1. The van der Waals surface area contributed by atoms with E-state index in [2.05, 4.69) is 17.4 Å². The van der Waals surface area contributed by atoms with Crippen LogP contribution in [0, 0.1) is 0 Å². The summed E-state index contributed by atoms with van der Waals surface area (Å²) >= 11 is 1.65. The number of thiophene rings is 1. The molecule has 0 spiro atoms. The Morgan fingerprint density at radius 1 is 1.16 bits per heavy atom. The third-order valence-corrected chi connectivity index (χ3v) is 6.26. The Bertz CT molecular complexity index is 1270. The van der Waals surface area contributed by atoms with E-state index in [1.807, 2.05) is 30.3 Å². The van der Waals surface area contributed by atoms with Gasteiger partial charge in [-0.2, -0.15) is 0 Å². The Hall–Kier alpha value is -3.39. The smallest absolute Gasteiger partial charge is 0.305 e. The normalized spacial score (nSPS) is 12.4. The van der Waals surface area contributed by atoms with Gasteiger partial charge in [0.1, 0.15) is 16.5 Å². The number of carbonyl (C=O) groups excluding carboxylic acids is 1. The van der Waals surface area contributed by atoms with Crippen molar-refractivity contribution in [2.45, 2.75) is 25.8 Å². The Morgan fingerprint density at radius 3 is 2.94 bits per heavy atom. The van der Waals surface area contributed by atoms with Crippen LogP contribution in [-0.2, 0) is 22.5 Å². The number of aromatic nitrogens is 2. The van der Waals surface area contributed by atoms with Crippen molar-refractivity contribution in [1.29, 1.82) is 0 Å². The number of anilines is 1. The van der Waals surface area contributed by atoms with E-state index in [0.717, 1.165) is 44.3 Å². The highest BCUT2D eigenvalue weighted by Gasteiger charge is 2.16. The first kappa shape index (κ1) is 19.6. The van der Waals surface area contributed by atoms with Gasteiger partial charge in [0.15, 0.2) is 11.5 Å². The van der Waals surface area contributed by atoms with E-state index in [9.17, 15) is 4.79 Å². The van der Waals surface area contributed by atoms with Crippen LogP contribution in [0.4, 0.5) is 5.82 Å². The van der Waals surface area contributed by atoms with Crippen molar-refractivity contribution >= 4 is 43.4 Å². The van der Waals surface area contributed by atoms with E-state index in [0.29, 0.717) is 25.8 Å². The Morgan fingerprint density at radius 2 is 2.03 bits per heavy atom. The van der Waals surface area contributed by atoms with Crippen LogP contribution in [0.2, 0.25) is 0 Å². The number of methoxy groups -OCH3 is 1. The van der Waals surface area contributed by atoms with E-state index >= 15 is 0 Å². The molecule has 0 fully saturated rings. The zero-order chi connectivity index (χ0) is 21.2. The quantitative estimate of drug-likeness (QED) is 0.422. The predicted molar refractivity (Wildman–Crippen MR) is 120 cm³/mol. The Labute approximate surface area is 183 Å². The van der Waals surface area contributed by atoms with Gasteiger partial charge in [-0.05, 0) is 30.2 Å². The first-order valence-corrected chi connectivity index (χ1v) is 10.9. The molecule has 0 bridgehead atoms. The first-order valence-electron chi connectivity index (χ1n) is 10.1. The van der Waals surface area contributed by atoms with Gasteiger partial charge in [-0.15, -0.1) is 11.3 Å². The SMILES string of the molecule is COC(=O)CCCc1nc(NCc2ccc3c(c2)OCO3)c2c(n1)sc1ccccc12. The molecule has 0 radical (unpaired) electrons. The molecule has 0 atom stereocenters. The van der Waals surface area contributed by atoms with Crippen molar-refractivity contribution in [3.63, 3.8) is 0 Å². The van der Waals surface area contributed by atoms with Crippen molar-refractivity contribution in [3.05, 3.63) is 53.9 Å². The molecule has 1 N–H and O–H groups in total. The summed E-state index contributed by atoms with van der Waals surface area (Å²) in [4.78, 5) is 22.0. The lowest BCUT2D eigenvalue weighted by Crippen LogP contribution is -2.06. The fourth-order valence-corrected chi connectivity index (χ4v) is 4.73. The molecule has 0 saturated carbocycles. The fourth-order valence-electron chi connectivity index (χ4n) is 3.64. The summed E-state index contributed by atoms with van der Waals surface area (Å²) in [5.41, 5.74) is 1.07. The number of carbonyl (C=O) groups is 1. The van der Waals surface area contributed by atoms with Gasteiger partial charge in [0.05, 0.1) is 12.5 Å². The van der Waals surface area contributed by atoms with E-state index < -0.39 is 0 Å². The van der Waals surface area contributed by atoms with Gasteiger partial charge >= 0.3 is 5.97 Å². The number of fused-ring (bicyclic) bond motifs is 4. The molecule has 2 aromatic heterocycles. The lowest BCUT2D eigenvalue weighted by Gasteiger charge is -2.10. The summed E-state index contributed by atoms with van der Waals surface area (Å²) in [5, 5.41) is 5.65. The van der Waals surface area contributed by atoms with Crippen LogP contribution in [0.3, 0.4) is 0 Å². The van der Waals surface area contributed by atoms with E-state index in [4.69, 9.17) is 24.2 Å². The number of aryl methyl sites for hydroxylation is 1. The van der Waals surface area contributed by atoms with Gasteiger partial charge in [-0.25, -0.2) is 9.97 Å². The van der Waals surface area contributed by atoms with Crippen LogP contribution < -0.4 is 14.8 Å². The highest BCUT2D eigenvalue weighted by molar-refractivity contribution is 7.25. The summed E-state index contributed by atoms with van der Waals surface area (Å²) < 4.78 is 16.8. The molecule has 5 rings (SSSR count). The molecule has 0 amide bonds. The second kappa shape index (κ2) is 8.39. The molecule has 7 nitrogen and oxygen atoms in total. The molecule has 31 heavy (non-hydrogen) atoms. The van der Waals surface area contributed by atoms with Crippen molar-refractivity contribution < 1.29 is 19.0 Å². The Kier molecular flexibility index (Phi) is 5.30. The maximum Gasteiger partial charge on any atom is 0.305 e. The molecular formula is C23H21N3O4S. The van der Waals surface area contributed by atoms with Gasteiger partial charge in [0, 0.05) is 29.5 Å². The lowest BCUT2D eigenvalue weighted by molar-refractivity contribution is -0.140. The average Bonchev–Trinajstić information content (AvgIpc) is 3.41. The molecule has 1 aliphatic heterocycles. The summed E-state index contributed by atoms with van der Waals surface area (Å²) in [6.45, 7) is 0.850. The van der Waals surface area contributed by atoms with Gasteiger partial charge in [0.25, 0.3) is 0 Å².